The number of aryl methyl sites for hydroxylation is 1. The van der Waals surface area contributed by atoms with E-state index in [0.29, 0.717) is 0 Å². The van der Waals surface area contributed by atoms with Crippen LogP contribution in [0.15, 0.2) is 23.1 Å². The first kappa shape index (κ1) is 20.6. The quantitative estimate of drug-likeness (QED) is 0.751. The minimum Gasteiger partial charge on any atom is -0.478 e. The molecule has 1 aliphatic rings. The van der Waals surface area contributed by atoms with E-state index in [-0.39, 0.29) is 42.3 Å². The van der Waals surface area contributed by atoms with Crippen molar-refractivity contribution in [1.29, 1.82) is 0 Å². The minimum absolute atomic E-state index is 0.0538. The summed E-state index contributed by atoms with van der Waals surface area (Å²) < 4.78 is 71.7. The second-order valence-electron chi connectivity index (χ2n) is 5.84. The van der Waals surface area contributed by atoms with Gasteiger partial charge in [-0.25, -0.2) is 17.9 Å². The molecule has 0 bridgehead atoms. The molecule has 0 aromatic heterocycles. The Balaban J connectivity index is 2.18. The number of carbonyl (C=O) groups is 1. The van der Waals surface area contributed by atoms with Gasteiger partial charge in [-0.3, -0.25) is 4.90 Å². The third-order valence-electron chi connectivity index (χ3n) is 4.04. The van der Waals surface area contributed by atoms with Crippen LogP contribution in [0.5, 0.6) is 0 Å². The fourth-order valence-corrected chi connectivity index (χ4v) is 3.95. The molecule has 1 aromatic rings. The maximum atomic E-state index is 13.3. The molecule has 2 N–H and O–H groups in total. The Labute approximate surface area is 148 Å². The third-order valence-corrected chi connectivity index (χ3v) is 5.63. The molecule has 0 radical (unpaired) electrons. The zero-order chi connectivity index (χ0) is 19.5. The molecule has 146 valence electrons. The predicted molar refractivity (Wildman–Crippen MR) is 85.6 cm³/mol. The summed E-state index contributed by atoms with van der Waals surface area (Å²) in [5.74, 6) is -1.23. The highest BCUT2D eigenvalue weighted by molar-refractivity contribution is 7.89. The average molecular weight is 396 g/mol. The SMILES string of the molecule is Cc1cc(C(=O)O)ccc1S(=O)(=O)NCC(N1CCOCC1)C(F)(F)F. The van der Waals surface area contributed by atoms with Crippen molar-refractivity contribution in [2.24, 2.45) is 0 Å². The second kappa shape index (κ2) is 7.91. The Morgan fingerprint density at radius 1 is 1.35 bits per heavy atom. The lowest BCUT2D eigenvalue weighted by atomic mass is 10.1. The standard InChI is InChI=1S/C15H19F3N2O5S/c1-10-8-11(14(21)22)2-3-12(10)26(23,24)19-9-13(15(16,17)18)20-4-6-25-7-5-20/h2-3,8,13,19H,4-7,9H2,1H3,(H,21,22). The van der Waals surface area contributed by atoms with Crippen LogP contribution in [0, 0.1) is 6.92 Å². The minimum atomic E-state index is -4.61. The van der Waals surface area contributed by atoms with Gasteiger partial charge in [-0.1, -0.05) is 0 Å². The largest absolute Gasteiger partial charge is 0.478 e. The van der Waals surface area contributed by atoms with Crippen molar-refractivity contribution < 1.29 is 36.2 Å². The van der Waals surface area contributed by atoms with Crippen LogP contribution in [0.25, 0.3) is 0 Å². The first-order valence-electron chi connectivity index (χ1n) is 7.74. The Kier molecular flexibility index (Phi) is 6.27. The van der Waals surface area contributed by atoms with E-state index in [9.17, 15) is 26.4 Å². The number of sulfonamides is 1. The van der Waals surface area contributed by atoms with E-state index >= 15 is 0 Å². The number of rotatable bonds is 6. The normalized spacial score (nSPS) is 17.8. The van der Waals surface area contributed by atoms with Gasteiger partial charge >= 0.3 is 12.1 Å². The number of hydrogen-bond acceptors (Lipinski definition) is 5. The fourth-order valence-electron chi connectivity index (χ4n) is 2.69. The molecule has 0 spiro atoms. The number of nitrogens with one attached hydrogen (secondary N) is 1. The monoisotopic (exact) mass is 396 g/mol. The molecule has 1 heterocycles. The van der Waals surface area contributed by atoms with Crippen molar-refractivity contribution in [1.82, 2.24) is 9.62 Å². The van der Waals surface area contributed by atoms with Crippen LogP contribution >= 0.6 is 0 Å². The van der Waals surface area contributed by atoms with Gasteiger partial charge in [0.05, 0.1) is 23.7 Å². The smallest absolute Gasteiger partial charge is 0.405 e. The highest BCUT2D eigenvalue weighted by atomic mass is 32.2. The molecule has 0 aliphatic carbocycles. The molecule has 1 aliphatic heterocycles. The van der Waals surface area contributed by atoms with Crippen LogP contribution in [0.3, 0.4) is 0 Å². The molecule has 0 saturated carbocycles. The highest BCUT2D eigenvalue weighted by Gasteiger charge is 2.44. The van der Waals surface area contributed by atoms with Crippen molar-refractivity contribution >= 4 is 16.0 Å². The molecule has 26 heavy (non-hydrogen) atoms. The predicted octanol–water partition coefficient (Wildman–Crippen LogP) is 1.23. The molecular weight excluding hydrogens is 377 g/mol. The second-order valence-corrected chi connectivity index (χ2v) is 7.58. The van der Waals surface area contributed by atoms with Gasteiger partial charge in [0, 0.05) is 19.6 Å². The van der Waals surface area contributed by atoms with Gasteiger partial charge in [-0.05, 0) is 30.7 Å². The van der Waals surface area contributed by atoms with Gasteiger partial charge in [-0.2, -0.15) is 13.2 Å². The molecule has 1 fully saturated rings. The maximum Gasteiger partial charge on any atom is 0.405 e. The van der Waals surface area contributed by atoms with Crippen LogP contribution in [0.2, 0.25) is 0 Å². The van der Waals surface area contributed by atoms with Gasteiger partial charge in [0.15, 0.2) is 0 Å². The summed E-state index contributed by atoms with van der Waals surface area (Å²) >= 11 is 0. The van der Waals surface area contributed by atoms with Gasteiger partial charge < -0.3 is 9.84 Å². The van der Waals surface area contributed by atoms with E-state index in [0.717, 1.165) is 23.1 Å². The number of benzene rings is 1. The topological polar surface area (TPSA) is 95.9 Å². The average Bonchev–Trinajstić information content (AvgIpc) is 2.54. The number of nitrogens with zero attached hydrogens (tertiary/aromatic N) is 1. The molecule has 2 rings (SSSR count). The number of alkyl halides is 3. The molecular formula is C15H19F3N2O5S. The van der Waals surface area contributed by atoms with Crippen LogP contribution in [-0.2, 0) is 14.8 Å². The first-order valence-corrected chi connectivity index (χ1v) is 9.23. The Morgan fingerprint density at radius 2 is 1.96 bits per heavy atom. The van der Waals surface area contributed by atoms with Crippen LogP contribution < -0.4 is 4.72 Å². The van der Waals surface area contributed by atoms with Crippen molar-refractivity contribution in [3.8, 4) is 0 Å². The van der Waals surface area contributed by atoms with Gasteiger partial charge in [0.25, 0.3) is 0 Å². The lowest BCUT2D eigenvalue weighted by molar-refractivity contribution is -0.189. The lowest BCUT2D eigenvalue weighted by Gasteiger charge is -2.35. The molecule has 7 nitrogen and oxygen atoms in total. The summed E-state index contributed by atoms with van der Waals surface area (Å²) in [6, 6.07) is 1.34. The number of hydrogen-bond donors (Lipinski definition) is 2. The fraction of sp³-hybridized carbons (Fsp3) is 0.533. The number of ether oxygens (including phenoxy) is 1. The van der Waals surface area contributed by atoms with Crippen LogP contribution in [0.4, 0.5) is 13.2 Å². The van der Waals surface area contributed by atoms with Crippen LogP contribution in [-0.4, -0.2) is 69.5 Å². The number of carboxylic acid groups (broad SMARTS) is 1. The Morgan fingerprint density at radius 3 is 2.46 bits per heavy atom. The van der Waals surface area contributed by atoms with Crippen molar-refractivity contribution in [2.45, 2.75) is 24.0 Å². The number of carboxylic acids is 1. The Hall–Kier alpha value is -1.69. The van der Waals surface area contributed by atoms with E-state index < -0.39 is 34.8 Å². The van der Waals surface area contributed by atoms with Crippen molar-refractivity contribution in [2.75, 3.05) is 32.8 Å². The Bertz CT molecular complexity index is 761. The summed E-state index contributed by atoms with van der Waals surface area (Å²) in [6.07, 6.45) is -4.61. The zero-order valence-corrected chi connectivity index (χ0v) is 14.7. The van der Waals surface area contributed by atoms with E-state index in [4.69, 9.17) is 9.84 Å². The number of halogens is 3. The zero-order valence-electron chi connectivity index (χ0n) is 13.9. The van der Waals surface area contributed by atoms with E-state index in [1.54, 1.807) is 0 Å². The molecule has 1 saturated heterocycles. The highest BCUT2D eigenvalue weighted by Crippen LogP contribution is 2.26. The summed E-state index contributed by atoms with van der Waals surface area (Å²) in [7, 11) is -4.23. The maximum absolute atomic E-state index is 13.3. The van der Waals surface area contributed by atoms with Crippen molar-refractivity contribution in [3.63, 3.8) is 0 Å². The van der Waals surface area contributed by atoms with Gasteiger partial charge in [0.1, 0.15) is 6.04 Å². The van der Waals surface area contributed by atoms with Crippen LogP contribution in [0.1, 0.15) is 15.9 Å². The first-order chi connectivity index (χ1) is 12.0. The van der Waals surface area contributed by atoms with E-state index in [1.165, 1.54) is 6.92 Å². The summed E-state index contributed by atoms with van der Waals surface area (Å²) in [5.41, 5.74) is 0.0234. The molecule has 1 aromatic carbocycles. The third kappa shape index (κ3) is 4.93. The van der Waals surface area contributed by atoms with E-state index in [1.807, 2.05) is 4.72 Å². The number of morpholine rings is 1. The summed E-state index contributed by atoms with van der Waals surface area (Å²) in [6.45, 7) is 0.941. The lowest BCUT2D eigenvalue weighted by Crippen LogP contribution is -2.55. The molecule has 0 amide bonds. The summed E-state index contributed by atoms with van der Waals surface area (Å²) in [5, 5.41) is 8.91. The summed E-state index contributed by atoms with van der Waals surface area (Å²) in [4.78, 5) is 11.8. The molecule has 11 heteroatoms. The molecule has 1 unspecified atom stereocenters. The molecule has 1 atom stereocenters. The van der Waals surface area contributed by atoms with Gasteiger partial charge in [0.2, 0.25) is 10.0 Å². The van der Waals surface area contributed by atoms with E-state index in [2.05, 4.69) is 0 Å². The van der Waals surface area contributed by atoms with Gasteiger partial charge in [-0.15, -0.1) is 0 Å². The number of aromatic carboxylic acids is 1. The van der Waals surface area contributed by atoms with Crippen molar-refractivity contribution in [3.05, 3.63) is 29.3 Å².